The van der Waals surface area contributed by atoms with Crippen molar-refractivity contribution in [1.82, 2.24) is 15.5 Å². The van der Waals surface area contributed by atoms with Crippen molar-refractivity contribution in [3.05, 3.63) is 0 Å². The maximum atomic E-state index is 12.0. The first-order chi connectivity index (χ1) is 9.88. The van der Waals surface area contributed by atoms with E-state index >= 15 is 0 Å². The summed E-state index contributed by atoms with van der Waals surface area (Å²) in [5, 5.41) is 14.0. The number of amides is 3. The standard InChI is InChI=1S/C14H27N3O4/c1-4-8-15-12(18)7-9-16-14(21)17(11(2)3)10-5-6-13(19)20/h11H,4-10H2,1-3H3,(H,15,18)(H,16,21)(H,19,20). The quantitative estimate of drug-likeness (QED) is 0.564. The highest BCUT2D eigenvalue weighted by molar-refractivity contribution is 5.78. The van der Waals surface area contributed by atoms with E-state index in [0.717, 1.165) is 6.42 Å². The van der Waals surface area contributed by atoms with Crippen LogP contribution in [0.1, 0.15) is 46.5 Å². The summed E-state index contributed by atoms with van der Waals surface area (Å²) >= 11 is 0. The minimum atomic E-state index is -0.869. The first kappa shape index (κ1) is 19.2. The number of hydrogen-bond acceptors (Lipinski definition) is 3. The third-order valence-corrected chi connectivity index (χ3v) is 2.87. The van der Waals surface area contributed by atoms with Crippen LogP contribution in [0.5, 0.6) is 0 Å². The second-order valence-electron chi connectivity index (χ2n) is 5.12. The van der Waals surface area contributed by atoms with Crippen LogP contribution in [0.25, 0.3) is 0 Å². The molecule has 0 atom stereocenters. The Balaban J connectivity index is 4.06. The Morgan fingerprint density at radius 2 is 1.76 bits per heavy atom. The molecule has 0 saturated carbocycles. The number of nitrogens with zero attached hydrogens (tertiary/aromatic N) is 1. The monoisotopic (exact) mass is 301 g/mol. The molecule has 0 bridgehead atoms. The summed E-state index contributed by atoms with van der Waals surface area (Å²) in [4.78, 5) is 35.5. The number of carbonyl (C=O) groups excluding carboxylic acids is 2. The third kappa shape index (κ3) is 9.70. The van der Waals surface area contributed by atoms with Gasteiger partial charge in [0.1, 0.15) is 0 Å². The first-order valence-electron chi connectivity index (χ1n) is 7.41. The Labute approximate surface area is 126 Å². The van der Waals surface area contributed by atoms with Crippen molar-refractivity contribution in [2.24, 2.45) is 0 Å². The van der Waals surface area contributed by atoms with Crippen molar-refractivity contribution >= 4 is 17.9 Å². The molecule has 0 radical (unpaired) electrons. The molecule has 0 fully saturated rings. The van der Waals surface area contributed by atoms with Crippen LogP contribution < -0.4 is 10.6 Å². The third-order valence-electron chi connectivity index (χ3n) is 2.87. The lowest BCUT2D eigenvalue weighted by molar-refractivity contribution is -0.137. The second-order valence-corrected chi connectivity index (χ2v) is 5.12. The molecular weight excluding hydrogens is 274 g/mol. The van der Waals surface area contributed by atoms with Gasteiger partial charge in [0.05, 0.1) is 0 Å². The molecule has 0 aliphatic carbocycles. The first-order valence-corrected chi connectivity index (χ1v) is 7.41. The number of carboxylic acids is 1. The van der Waals surface area contributed by atoms with E-state index in [2.05, 4.69) is 10.6 Å². The van der Waals surface area contributed by atoms with Gasteiger partial charge in [0.2, 0.25) is 5.91 Å². The molecule has 0 heterocycles. The van der Waals surface area contributed by atoms with Gasteiger partial charge in [0.15, 0.2) is 0 Å². The van der Waals surface area contributed by atoms with Gasteiger partial charge in [-0.1, -0.05) is 6.92 Å². The molecule has 0 spiro atoms. The average molecular weight is 301 g/mol. The van der Waals surface area contributed by atoms with Crippen LogP contribution in [-0.4, -0.2) is 53.6 Å². The summed E-state index contributed by atoms with van der Waals surface area (Å²) in [6.07, 6.45) is 1.57. The maximum absolute atomic E-state index is 12.0. The molecule has 3 amide bonds. The summed E-state index contributed by atoms with van der Waals surface area (Å²) in [5.74, 6) is -0.953. The number of hydrogen-bond donors (Lipinski definition) is 3. The molecule has 0 aromatic rings. The van der Waals surface area contributed by atoms with Crippen molar-refractivity contribution < 1.29 is 19.5 Å². The molecule has 0 rings (SSSR count). The fourth-order valence-corrected chi connectivity index (χ4v) is 1.73. The van der Waals surface area contributed by atoms with Gasteiger partial charge in [-0.25, -0.2) is 4.79 Å². The Bertz CT molecular complexity index is 345. The molecular formula is C14H27N3O4. The highest BCUT2D eigenvalue weighted by atomic mass is 16.4. The molecule has 0 aromatic heterocycles. The van der Waals surface area contributed by atoms with Crippen LogP contribution in [0.4, 0.5) is 4.79 Å². The van der Waals surface area contributed by atoms with E-state index in [-0.39, 0.29) is 37.4 Å². The molecule has 0 aliphatic rings. The van der Waals surface area contributed by atoms with Crippen LogP contribution in [0.2, 0.25) is 0 Å². The van der Waals surface area contributed by atoms with Gasteiger partial charge in [-0.2, -0.15) is 0 Å². The lowest BCUT2D eigenvalue weighted by Gasteiger charge is -2.26. The van der Waals surface area contributed by atoms with Gasteiger partial charge in [-0.05, 0) is 26.7 Å². The largest absolute Gasteiger partial charge is 0.481 e. The molecule has 122 valence electrons. The van der Waals surface area contributed by atoms with Gasteiger partial charge in [0.25, 0.3) is 0 Å². The van der Waals surface area contributed by atoms with Crippen LogP contribution >= 0.6 is 0 Å². The molecule has 7 heteroatoms. The summed E-state index contributed by atoms with van der Waals surface area (Å²) in [7, 11) is 0. The number of carboxylic acid groups (broad SMARTS) is 1. The van der Waals surface area contributed by atoms with Gasteiger partial charge >= 0.3 is 12.0 Å². The minimum Gasteiger partial charge on any atom is -0.481 e. The van der Waals surface area contributed by atoms with E-state index in [4.69, 9.17) is 5.11 Å². The second kappa shape index (κ2) is 10.9. The van der Waals surface area contributed by atoms with Gasteiger partial charge in [-0.3, -0.25) is 9.59 Å². The highest BCUT2D eigenvalue weighted by Crippen LogP contribution is 2.02. The topological polar surface area (TPSA) is 98.7 Å². The predicted molar refractivity (Wildman–Crippen MR) is 80.0 cm³/mol. The zero-order valence-electron chi connectivity index (χ0n) is 13.1. The Hall–Kier alpha value is -1.79. The van der Waals surface area contributed by atoms with Crippen LogP contribution in [0.15, 0.2) is 0 Å². The number of carbonyl (C=O) groups is 3. The maximum Gasteiger partial charge on any atom is 0.317 e. The van der Waals surface area contributed by atoms with Crippen LogP contribution in [0, 0.1) is 0 Å². The number of rotatable bonds is 10. The molecule has 0 aromatic carbocycles. The fourth-order valence-electron chi connectivity index (χ4n) is 1.73. The average Bonchev–Trinajstić information content (AvgIpc) is 2.40. The predicted octanol–water partition coefficient (Wildman–Crippen LogP) is 1.19. The van der Waals surface area contributed by atoms with Crippen molar-refractivity contribution in [2.75, 3.05) is 19.6 Å². The minimum absolute atomic E-state index is 0.0206. The zero-order chi connectivity index (χ0) is 16.3. The van der Waals surface area contributed by atoms with Gasteiger partial charge < -0.3 is 20.6 Å². The van der Waals surface area contributed by atoms with Gasteiger partial charge in [-0.15, -0.1) is 0 Å². The smallest absolute Gasteiger partial charge is 0.317 e. The number of urea groups is 1. The molecule has 21 heavy (non-hydrogen) atoms. The Morgan fingerprint density at radius 3 is 2.29 bits per heavy atom. The van der Waals surface area contributed by atoms with E-state index in [9.17, 15) is 14.4 Å². The number of aliphatic carboxylic acids is 1. The van der Waals surface area contributed by atoms with Crippen LogP contribution in [-0.2, 0) is 9.59 Å². The van der Waals surface area contributed by atoms with Crippen molar-refractivity contribution in [3.63, 3.8) is 0 Å². The number of nitrogens with one attached hydrogen (secondary N) is 2. The molecule has 3 N–H and O–H groups in total. The lowest BCUT2D eigenvalue weighted by atomic mass is 10.2. The highest BCUT2D eigenvalue weighted by Gasteiger charge is 2.16. The van der Waals surface area contributed by atoms with E-state index in [0.29, 0.717) is 19.5 Å². The molecule has 0 saturated heterocycles. The van der Waals surface area contributed by atoms with E-state index < -0.39 is 5.97 Å². The van der Waals surface area contributed by atoms with Crippen molar-refractivity contribution in [2.45, 2.75) is 52.5 Å². The van der Waals surface area contributed by atoms with E-state index in [1.165, 1.54) is 0 Å². The zero-order valence-corrected chi connectivity index (χ0v) is 13.1. The summed E-state index contributed by atoms with van der Waals surface area (Å²) in [6, 6.07) is -0.286. The van der Waals surface area contributed by atoms with E-state index in [1.807, 2.05) is 20.8 Å². The van der Waals surface area contributed by atoms with Crippen LogP contribution in [0.3, 0.4) is 0 Å². The van der Waals surface area contributed by atoms with Gasteiger partial charge in [0, 0.05) is 38.5 Å². The molecule has 0 unspecified atom stereocenters. The SMILES string of the molecule is CCCNC(=O)CCNC(=O)N(CCCC(=O)O)C(C)C. The van der Waals surface area contributed by atoms with Crippen molar-refractivity contribution in [1.29, 1.82) is 0 Å². The normalized spacial score (nSPS) is 10.3. The van der Waals surface area contributed by atoms with Crippen molar-refractivity contribution in [3.8, 4) is 0 Å². The Morgan fingerprint density at radius 1 is 1.10 bits per heavy atom. The molecule has 7 nitrogen and oxygen atoms in total. The summed E-state index contributed by atoms with van der Waals surface area (Å²) < 4.78 is 0. The summed E-state index contributed by atoms with van der Waals surface area (Å²) in [5.41, 5.74) is 0. The summed E-state index contributed by atoms with van der Waals surface area (Å²) in [6.45, 7) is 7.01. The fraction of sp³-hybridized carbons (Fsp3) is 0.786. The van der Waals surface area contributed by atoms with E-state index in [1.54, 1.807) is 4.90 Å². The Kier molecular flexibility index (Phi) is 10.0. The molecule has 0 aliphatic heterocycles. The lowest BCUT2D eigenvalue weighted by Crippen LogP contribution is -2.45.